The molecule has 0 aliphatic heterocycles. The van der Waals surface area contributed by atoms with Crippen LogP contribution in [0.4, 0.5) is 0 Å². The number of amides is 1. The van der Waals surface area contributed by atoms with Crippen molar-refractivity contribution in [3.8, 4) is 0 Å². The first-order valence-corrected chi connectivity index (χ1v) is 12.1. The molecule has 2 aromatic carbocycles. The summed E-state index contributed by atoms with van der Waals surface area (Å²) in [6, 6.07) is 16.9. The van der Waals surface area contributed by atoms with Gasteiger partial charge in [-0.1, -0.05) is 62.6 Å². The number of para-hydroxylation sites is 2. The third-order valence-electron chi connectivity index (χ3n) is 6.73. The highest BCUT2D eigenvalue weighted by atomic mass is 16.3. The Labute approximate surface area is 190 Å². The van der Waals surface area contributed by atoms with Crippen molar-refractivity contribution in [3.63, 3.8) is 0 Å². The molecule has 1 heterocycles. The fraction of sp³-hybridized carbons (Fsp3) is 0.481. The highest BCUT2D eigenvalue weighted by molar-refractivity contribution is 5.84. The van der Waals surface area contributed by atoms with Gasteiger partial charge in [0.25, 0.3) is 0 Å². The van der Waals surface area contributed by atoms with Crippen LogP contribution in [0.3, 0.4) is 0 Å². The summed E-state index contributed by atoms with van der Waals surface area (Å²) in [7, 11) is 0. The number of unbranched alkanes of at least 4 members (excludes halogenated alkanes) is 1. The van der Waals surface area contributed by atoms with Crippen LogP contribution in [0.2, 0.25) is 0 Å². The average Bonchev–Trinajstić information content (AvgIpc) is 3.46. The van der Waals surface area contributed by atoms with E-state index in [1.165, 1.54) is 23.9 Å². The number of hydrogen-bond donors (Lipinski definition) is 2. The summed E-state index contributed by atoms with van der Waals surface area (Å²) in [5, 5.41) is 12.0. The quantitative estimate of drug-likeness (QED) is 0.482. The van der Waals surface area contributed by atoms with Crippen LogP contribution in [-0.4, -0.2) is 33.7 Å². The minimum Gasteiger partial charge on any atom is -0.395 e. The van der Waals surface area contributed by atoms with Crippen LogP contribution < -0.4 is 5.32 Å². The average molecular weight is 434 g/mol. The molecule has 0 spiro atoms. The number of aromatic nitrogens is 2. The molecule has 0 radical (unpaired) electrons. The molecule has 3 aromatic rings. The SMILES string of the molecule is CCCCc1nc2ccccc2n1Cc1ccc(C(C(=O)NCCO)C2CCCC2)cc1. The molecule has 32 heavy (non-hydrogen) atoms. The summed E-state index contributed by atoms with van der Waals surface area (Å²) in [6.45, 7) is 3.28. The van der Waals surface area contributed by atoms with Crippen LogP contribution in [0.1, 0.15) is 68.3 Å². The molecule has 1 saturated carbocycles. The monoisotopic (exact) mass is 433 g/mol. The molecular weight excluding hydrogens is 398 g/mol. The number of carbonyl (C=O) groups excluding carboxylic acids is 1. The third-order valence-corrected chi connectivity index (χ3v) is 6.73. The van der Waals surface area contributed by atoms with Crippen LogP contribution in [0.25, 0.3) is 11.0 Å². The fourth-order valence-corrected chi connectivity index (χ4v) is 5.06. The van der Waals surface area contributed by atoms with Crippen molar-refractivity contribution in [1.29, 1.82) is 0 Å². The van der Waals surface area contributed by atoms with Gasteiger partial charge in [0.05, 0.1) is 23.6 Å². The zero-order valence-electron chi connectivity index (χ0n) is 19.1. The maximum atomic E-state index is 12.9. The van der Waals surface area contributed by atoms with Crippen molar-refractivity contribution in [2.24, 2.45) is 5.92 Å². The smallest absolute Gasteiger partial charge is 0.227 e. The van der Waals surface area contributed by atoms with E-state index in [9.17, 15) is 4.79 Å². The summed E-state index contributed by atoms with van der Waals surface area (Å²) in [5.74, 6) is 1.44. The Balaban J connectivity index is 1.57. The number of aliphatic hydroxyl groups excluding tert-OH is 1. The second kappa shape index (κ2) is 10.8. The van der Waals surface area contributed by atoms with E-state index in [4.69, 9.17) is 10.1 Å². The second-order valence-electron chi connectivity index (χ2n) is 8.98. The first-order chi connectivity index (χ1) is 15.7. The molecule has 1 fully saturated rings. The van der Waals surface area contributed by atoms with Gasteiger partial charge in [0.15, 0.2) is 0 Å². The van der Waals surface area contributed by atoms with Gasteiger partial charge in [-0.15, -0.1) is 0 Å². The van der Waals surface area contributed by atoms with E-state index in [1.54, 1.807) is 0 Å². The molecule has 1 atom stereocenters. The molecule has 1 aliphatic carbocycles. The number of imidazole rings is 1. The highest BCUT2D eigenvalue weighted by Gasteiger charge is 2.31. The zero-order valence-corrected chi connectivity index (χ0v) is 19.1. The first-order valence-electron chi connectivity index (χ1n) is 12.1. The lowest BCUT2D eigenvalue weighted by atomic mass is 9.84. The molecule has 1 aliphatic rings. The summed E-state index contributed by atoms with van der Waals surface area (Å²) < 4.78 is 2.34. The van der Waals surface area contributed by atoms with Crippen LogP contribution in [-0.2, 0) is 17.8 Å². The van der Waals surface area contributed by atoms with Crippen molar-refractivity contribution < 1.29 is 9.90 Å². The number of rotatable bonds is 10. The van der Waals surface area contributed by atoms with E-state index in [2.05, 4.69) is 59.3 Å². The van der Waals surface area contributed by atoms with Crippen molar-refractivity contribution in [2.45, 2.75) is 64.3 Å². The minimum absolute atomic E-state index is 0.0265. The van der Waals surface area contributed by atoms with Gasteiger partial charge in [-0.2, -0.15) is 0 Å². The number of hydrogen-bond acceptors (Lipinski definition) is 3. The summed E-state index contributed by atoms with van der Waals surface area (Å²) >= 11 is 0. The van der Waals surface area contributed by atoms with Gasteiger partial charge in [-0.3, -0.25) is 4.79 Å². The Hall–Kier alpha value is -2.66. The number of fused-ring (bicyclic) bond motifs is 1. The lowest BCUT2D eigenvalue weighted by Gasteiger charge is -2.23. The molecule has 1 aromatic heterocycles. The van der Waals surface area contributed by atoms with Gasteiger partial charge >= 0.3 is 0 Å². The molecule has 1 amide bonds. The van der Waals surface area contributed by atoms with Gasteiger partial charge in [0, 0.05) is 19.5 Å². The standard InChI is InChI=1S/C27H35N3O2/c1-2-3-12-25-29-23-10-6-7-11-24(23)30(25)19-20-13-15-22(16-14-20)26(21-8-4-5-9-21)27(32)28-17-18-31/h6-7,10-11,13-16,21,26,31H,2-5,8-9,12,17-19H2,1H3,(H,28,32). The normalized spacial score (nSPS) is 15.3. The fourth-order valence-electron chi connectivity index (χ4n) is 5.06. The minimum atomic E-state index is -0.132. The van der Waals surface area contributed by atoms with Crippen LogP contribution in [0, 0.1) is 5.92 Å². The Morgan fingerprint density at radius 2 is 1.91 bits per heavy atom. The van der Waals surface area contributed by atoms with E-state index in [0.29, 0.717) is 12.5 Å². The highest BCUT2D eigenvalue weighted by Crippen LogP contribution is 2.37. The molecule has 1 unspecified atom stereocenters. The molecule has 5 nitrogen and oxygen atoms in total. The number of nitrogens with one attached hydrogen (secondary N) is 1. The van der Waals surface area contributed by atoms with E-state index < -0.39 is 0 Å². The van der Waals surface area contributed by atoms with Crippen molar-refractivity contribution in [1.82, 2.24) is 14.9 Å². The number of benzene rings is 2. The Bertz CT molecular complexity index is 1020. The van der Waals surface area contributed by atoms with Crippen molar-refractivity contribution in [3.05, 3.63) is 65.5 Å². The van der Waals surface area contributed by atoms with E-state index in [0.717, 1.165) is 55.6 Å². The molecular formula is C27H35N3O2. The summed E-state index contributed by atoms with van der Waals surface area (Å²) in [5.41, 5.74) is 4.53. The maximum Gasteiger partial charge on any atom is 0.227 e. The van der Waals surface area contributed by atoms with E-state index in [-0.39, 0.29) is 18.4 Å². The Kier molecular flexibility index (Phi) is 7.59. The predicted octanol–water partition coefficient (Wildman–Crippen LogP) is 4.81. The maximum absolute atomic E-state index is 12.9. The van der Waals surface area contributed by atoms with Crippen molar-refractivity contribution >= 4 is 16.9 Å². The van der Waals surface area contributed by atoms with E-state index >= 15 is 0 Å². The molecule has 4 rings (SSSR count). The first kappa shape index (κ1) is 22.5. The van der Waals surface area contributed by atoms with Crippen LogP contribution in [0.5, 0.6) is 0 Å². The zero-order chi connectivity index (χ0) is 22.3. The molecule has 2 N–H and O–H groups in total. The topological polar surface area (TPSA) is 67.2 Å². The molecule has 0 saturated heterocycles. The number of aliphatic hydroxyl groups is 1. The number of aryl methyl sites for hydroxylation is 1. The lowest BCUT2D eigenvalue weighted by Crippen LogP contribution is -2.34. The Morgan fingerprint density at radius 3 is 2.62 bits per heavy atom. The molecule has 5 heteroatoms. The van der Waals surface area contributed by atoms with Gasteiger partial charge in [0.2, 0.25) is 5.91 Å². The van der Waals surface area contributed by atoms with E-state index in [1.807, 2.05) is 6.07 Å². The summed E-state index contributed by atoms with van der Waals surface area (Å²) in [6.07, 6.45) is 7.86. The number of nitrogens with zero attached hydrogens (tertiary/aromatic N) is 2. The predicted molar refractivity (Wildman–Crippen MR) is 129 cm³/mol. The third kappa shape index (κ3) is 5.04. The molecule has 170 valence electrons. The van der Waals surface area contributed by atoms with Gasteiger partial charge in [-0.25, -0.2) is 4.98 Å². The lowest BCUT2D eigenvalue weighted by molar-refractivity contribution is -0.123. The van der Waals surface area contributed by atoms with Gasteiger partial charge in [-0.05, 0) is 48.4 Å². The van der Waals surface area contributed by atoms with Gasteiger partial charge < -0.3 is 15.0 Å². The molecule has 0 bridgehead atoms. The largest absolute Gasteiger partial charge is 0.395 e. The van der Waals surface area contributed by atoms with Crippen molar-refractivity contribution in [2.75, 3.05) is 13.2 Å². The second-order valence-corrected chi connectivity index (χ2v) is 8.98. The summed E-state index contributed by atoms with van der Waals surface area (Å²) in [4.78, 5) is 17.8. The van der Waals surface area contributed by atoms with Crippen LogP contribution in [0.15, 0.2) is 48.5 Å². The van der Waals surface area contributed by atoms with Crippen LogP contribution >= 0.6 is 0 Å². The Morgan fingerprint density at radius 1 is 1.16 bits per heavy atom. The van der Waals surface area contributed by atoms with Gasteiger partial charge in [0.1, 0.15) is 5.82 Å². The number of carbonyl (C=O) groups is 1.